The smallest absolute Gasteiger partial charge is 0.226 e. The number of nitrogens with zero attached hydrogens (tertiary/aromatic N) is 2. The van der Waals surface area contributed by atoms with Crippen LogP contribution in [0.25, 0.3) is 0 Å². The monoisotopic (exact) mass is 433 g/mol. The maximum atomic E-state index is 12.5. The number of amidine groups is 1. The van der Waals surface area contributed by atoms with Crippen molar-refractivity contribution in [2.45, 2.75) is 63.5 Å². The molecule has 29 heavy (non-hydrogen) atoms. The topological polar surface area (TPSA) is 44.7 Å². The second-order valence-corrected chi connectivity index (χ2v) is 10.7. The van der Waals surface area contributed by atoms with Gasteiger partial charge in [-0.25, -0.2) is 0 Å². The van der Waals surface area contributed by atoms with Gasteiger partial charge >= 0.3 is 0 Å². The molecule has 4 nitrogen and oxygen atoms in total. The molecule has 4 bridgehead atoms. The average Bonchev–Trinajstić information content (AvgIpc) is 2.95. The lowest BCUT2D eigenvalue weighted by molar-refractivity contribution is -0.116. The third kappa shape index (κ3) is 4.32. The molecule has 1 aliphatic heterocycles. The number of aryl methyl sites for hydroxylation is 1. The minimum atomic E-state index is 0. The summed E-state index contributed by atoms with van der Waals surface area (Å²) in [4.78, 5) is 20.2. The highest BCUT2D eigenvalue weighted by Gasteiger charge is 2.51. The molecule has 4 saturated carbocycles. The average molecular weight is 434 g/mol. The van der Waals surface area contributed by atoms with Gasteiger partial charge in [0.15, 0.2) is 5.17 Å². The second-order valence-electron chi connectivity index (χ2n) is 9.73. The quantitative estimate of drug-likeness (QED) is 0.716. The molecule has 5 fully saturated rings. The van der Waals surface area contributed by atoms with Crippen molar-refractivity contribution in [3.63, 3.8) is 0 Å². The van der Waals surface area contributed by atoms with Crippen LogP contribution in [0.1, 0.15) is 50.5 Å². The minimum Gasteiger partial charge on any atom is -0.350 e. The molecule has 1 N–H and O–H groups in total. The Kier molecular flexibility index (Phi) is 5.91. The number of halogens is 1. The number of benzene rings is 1. The van der Waals surface area contributed by atoms with Crippen LogP contribution in [0.15, 0.2) is 29.3 Å². The molecule has 1 amide bonds. The Balaban J connectivity index is 0.00000205. The van der Waals surface area contributed by atoms with E-state index in [0.29, 0.717) is 6.42 Å². The molecule has 158 valence electrons. The lowest BCUT2D eigenvalue weighted by Gasteiger charge is -2.55. The van der Waals surface area contributed by atoms with Gasteiger partial charge in [0.05, 0.1) is 5.54 Å². The highest BCUT2D eigenvalue weighted by Crippen LogP contribution is 2.57. The highest BCUT2D eigenvalue weighted by molar-refractivity contribution is 8.14. The summed E-state index contributed by atoms with van der Waals surface area (Å²) in [6.07, 6.45) is 8.79. The van der Waals surface area contributed by atoms with Gasteiger partial charge in [0.25, 0.3) is 0 Å². The summed E-state index contributed by atoms with van der Waals surface area (Å²) in [7, 11) is 2.13. The summed E-state index contributed by atoms with van der Waals surface area (Å²) in [5.41, 5.74) is 2.30. The number of thioether (sulfide) groups is 1. The Morgan fingerprint density at radius 2 is 1.72 bits per heavy atom. The second kappa shape index (κ2) is 8.14. The van der Waals surface area contributed by atoms with Crippen molar-refractivity contribution in [2.75, 3.05) is 18.1 Å². The number of amides is 1. The third-order valence-electron chi connectivity index (χ3n) is 7.35. The molecule has 1 aromatic rings. The normalized spacial score (nSPS) is 36.3. The Hall–Kier alpha value is -1.20. The number of hydrogen-bond donors (Lipinski definition) is 1. The summed E-state index contributed by atoms with van der Waals surface area (Å²) >= 11 is 1.85. The molecule has 5 aliphatic rings. The van der Waals surface area contributed by atoms with Gasteiger partial charge in [-0.05, 0) is 75.3 Å². The van der Waals surface area contributed by atoms with Gasteiger partial charge in [-0.2, -0.15) is 0 Å². The zero-order valence-electron chi connectivity index (χ0n) is 17.4. The predicted octanol–water partition coefficient (Wildman–Crippen LogP) is 5.12. The van der Waals surface area contributed by atoms with Crippen LogP contribution in [-0.2, 0) is 4.79 Å². The standard InChI is InChI=1S/C23H31N3OS.ClH/c1-15-3-5-19(6-4-15)24-21(27)10-20-14-28-22(26(20)2)25-23-11-16-7-17(12-23)9-18(8-16)13-23;/h3-6,16-18,20H,7-14H2,1-2H3,(H,24,27);1H/b25-22-;. The zero-order valence-corrected chi connectivity index (χ0v) is 19.0. The van der Waals surface area contributed by atoms with Crippen LogP contribution in [-0.4, -0.2) is 40.4 Å². The Morgan fingerprint density at radius 3 is 2.31 bits per heavy atom. The minimum absolute atomic E-state index is 0. The van der Waals surface area contributed by atoms with E-state index in [-0.39, 0.29) is 29.9 Å². The molecule has 1 saturated heterocycles. The van der Waals surface area contributed by atoms with E-state index >= 15 is 0 Å². The van der Waals surface area contributed by atoms with E-state index in [1.54, 1.807) is 0 Å². The molecular formula is C23H32ClN3OS. The van der Waals surface area contributed by atoms with Gasteiger partial charge in [0, 0.05) is 31.0 Å². The van der Waals surface area contributed by atoms with Crippen molar-refractivity contribution in [1.82, 2.24) is 4.90 Å². The SMILES string of the molecule is Cc1ccc(NC(=O)CC2CS/C(=N\C34CC5CC(CC(C5)C3)C4)N2C)cc1.Cl. The number of carbonyl (C=O) groups is 1. The number of carbonyl (C=O) groups excluding carboxylic acids is 1. The van der Waals surface area contributed by atoms with E-state index in [2.05, 4.69) is 24.2 Å². The molecule has 6 heteroatoms. The first-order chi connectivity index (χ1) is 13.5. The number of hydrogen-bond acceptors (Lipinski definition) is 3. The van der Waals surface area contributed by atoms with E-state index in [1.165, 1.54) is 49.3 Å². The van der Waals surface area contributed by atoms with Gasteiger partial charge in [-0.15, -0.1) is 12.4 Å². The molecule has 4 aliphatic carbocycles. The Labute approximate surface area is 184 Å². The molecule has 0 aromatic heterocycles. The van der Waals surface area contributed by atoms with Crippen molar-refractivity contribution >= 4 is 40.9 Å². The molecule has 0 spiro atoms. The fraction of sp³-hybridized carbons (Fsp3) is 0.652. The van der Waals surface area contributed by atoms with Gasteiger partial charge < -0.3 is 10.2 Å². The van der Waals surface area contributed by atoms with E-state index in [9.17, 15) is 4.79 Å². The number of nitrogens with one attached hydrogen (secondary N) is 1. The van der Waals surface area contributed by atoms with Crippen LogP contribution in [0.3, 0.4) is 0 Å². The van der Waals surface area contributed by atoms with Crippen LogP contribution in [0.5, 0.6) is 0 Å². The zero-order chi connectivity index (χ0) is 19.3. The number of rotatable bonds is 4. The van der Waals surface area contributed by atoms with Gasteiger partial charge in [-0.1, -0.05) is 29.5 Å². The first kappa shape index (κ1) is 21.0. The summed E-state index contributed by atoms with van der Waals surface area (Å²) in [5, 5.41) is 4.22. The van der Waals surface area contributed by atoms with E-state index in [4.69, 9.17) is 4.99 Å². The fourth-order valence-electron chi connectivity index (χ4n) is 6.32. The fourth-order valence-corrected chi connectivity index (χ4v) is 7.61. The molecular weight excluding hydrogens is 402 g/mol. The predicted molar refractivity (Wildman–Crippen MR) is 124 cm³/mol. The van der Waals surface area contributed by atoms with Crippen LogP contribution in [0, 0.1) is 24.7 Å². The lowest BCUT2D eigenvalue weighted by Crippen LogP contribution is -2.50. The van der Waals surface area contributed by atoms with Gasteiger partial charge in [0.1, 0.15) is 0 Å². The lowest BCUT2D eigenvalue weighted by atomic mass is 9.53. The van der Waals surface area contributed by atoms with Crippen LogP contribution in [0.2, 0.25) is 0 Å². The Morgan fingerprint density at radius 1 is 1.14 bits per heavy atom. The third-order valence-corrected chi connectivity index (χ3v) is 8.54. The molecule has 1 atom stereocenters. The first-order valence-corrected chi connectivity index (χ1v) is 11.8. The molecule has 0 radical (unpaired) electrons. The van der Waals surface area contributed by atoms with Gasteiger partial charge in [0.2, 0.25) is 5.91 Å². The molecule has 6 rings (SSSR count). The molecule has 1 heterocycles. The molecule has 1 aromatic carbocycles. The molecule has 1 unspecified atom stereocenters. The van der Waals surface area contributed by atoms with Gasteiger partial charge in [-0.3, -0.25) is 9.79 Å². The maximum Gasteiger partial charge on any atom is 0.226 e. The largest absolute Gasteiger partial charge is 0.350 e. The van der Waals surface area contributed by atoms with E-state index < -0.39 is 0 Å². The maximum absolute atomic E-state index is 12.5. The first-order valence-electron chi connectivity index (χ1n) is 10.8. The summed E-state index contributed by atoms with van der Waals surface area (Å²) in [5.74, 6) is 3.82. The summed E-state index contributed by atoms with van der Waals surface area (Å²) in [6.45, 7) is 2.06. The number of anilines is 1. The highest BCUT2D eigenvalue weighted by atomic mass is 35.5. The van der Waals surface area contributed by atoms with Crippen LogP contribution >= 0.6 is 24.2 Å². The number of aliphatic imine (C=N–C) groups is 1. The summed E-state index contributed by atoms with van der Waals surface area (Å²) in [6, 6.07) is 8.25. The van der Waals surface area contributed by atoms with Crippen LogP contribution < -0.4 is 5.32 Å². The van der Waals surface area contributed by atoms with E-state index in [1.807, 2.05) is 36.0 Å². The van der Waals surface area contributed by atoms with Crippen molar-refractivity contribution in [2.24, 2.45) is 22.7 Å². The van der Waals surface area contributed by atoms with Crippen molar-refractivity contribution in [3.05, 3.63) is 29.8 Å². The van der Waals surface area contributed by atoms with Crippen molar-refractivity contribution in [3.8, 4) is 0 Å². The Bertz CT molecular complexity index is 759. The van der Waals surface area contributed by atoms with Crippen molar-refractivity contribution < 1.29 is 4.79 Å². The van der Waals surface area contributed by atoms with Crippen LogP contribution in [0.4, 0.5) is 5.69 Å². The summed E-state index contributed by atoms with van der Waals surface area (Å²) < 4.78 is 0. The van der Waals surface area contributed by atoms with E-state index in [0.717, 1.165) is 29.2 Å². The van der Waals surface area contributed by atoms with Crippen molar-refractivity contribution in [1.29, 1.82) is 0 Å².